The second-order valence-corrected chi connectivity index (χ2v) is 4.04. The lowest BCUT2D eigenvalue weighted by molar-refractivity contribution is 0.0740. The Morgan fingerprint density at radius 3 is 3.06 bits per heavy atom. The molecular formula is C12H15FN2O. The van der Waals surface area contributed by atoms with Crippen molar-refractivity contribution >= 4 is 5.91 Å². The molecule has 16 heavy (non-hydrogen) atoms. The maximum absolute atomic E-state index is 13.0. The molecule has 0 radical (unpaired) electrons. The van der Waals surface area contributed by atoms with Crippen molar-refractivity contribution < 1.29 is 9.18 Å². The van der Waals surface area contributed by atoms with E-state index in [1.807, 2.05) is 0 Å². The van der Waals surface area contributed by atoms with Gasteiger partial charge in [0.05, 0.1) is 0 Å². The van der Waals surface area contributed by atoms with Crippen molar-refractivity contribution in [3.8, 4) is 0 Å². The molecule has 0 spiro atoms. The molecule has 0 aromatic heterocycles. The van der Waals surface area contributed by atoms with Gasteiger partial charge in [-0.25, -0.2) is 4.39 Å². The normalized spacial score (nSPS) is 20.1. The van der Waals surface area contributed by atoms with Crippen LogP contribution in [-0.4, -0.2) is 29.9 Å². The molecular weight excluding hydrogens is 207 g/mol. The highest BCUT2D eigenvalue weighted by molar-refractivity contribution is 5.94. The standard InChI is InChI=1S/C12H15FN2O/c13-10-4-1-3-9(7-10)12(16)15-6-2-5-11(15)8-14/h1,3-4,7,11H,2,5-6,8,14H2. The molecule has 1 atom stereocenters. The Hall–Kier alpha value is -1.42. The van der Waals surface area contributed by atoms with Crippen molar-refractivity contribution in [2.75, 3.05) is 13.1 Å². The Morgan fingerprint density at radius 1 is 1.56 bits per heavy atom. The zero-order valence-electron chi connectivity index (χ0n) is 9.03. The molecule has 1 aromatic rings. The highest BCUT2D eigenvalue weighted by Gasteiger charge is 2.28. The molecule has 86 valence electrons. The summed E-state index contributed by atoms with van der Waals surface area (Å²) in [6, 6.07) is 5.90. The SMILES string of the molecule is NCC1CCCN1C(=O)c1cccc(F)c1. The predicted molar refractivity (Wildman–Crippen MR) is 59.5 cm³/mol. The number of halogens is 1. The molecule has 1 aromatic carbocycles. The smallest absolute Gasteiger partial charge is 0.254 e. The fourth-order valence-corrected chi connectivity index (χ4v) is 2.14. The molecule has 1 aliphatic heterocycles. The summed E-state index contributed by atoms with van der Waals surface area (Å²) < 4.78 is 13.0. The van der Waals surface area contributed by atoms with Gasteiger partial charge in [0.25, 0.3) is 5.91 Å². The Bertz CT molecular complexity index is 394. The van der Waals surface area contributed by atoms with Gasteiger partial charge in [-0.15, -0.1) is 0 Å². The van der Waals surface area contributed by atoms with Gasteiger partial charge < -0.3 is 10.6 Å². The summed E-state index contributed by atoms with van der Waals surface area (Å²) in [5.41, 5.74) is 6.01. The van der Waals surface area contributed by atoms with Crippen LogP contribution in [0.2, 0.25) is 0 Å². The zero-order valence-corrected chi connectivity index (χ0v) is 9.03. The number of carbonyl (C=O) groups is 1. The van der Waals surface area contributed by atoms with Crippen LogP contribution in [-0.2, 0) is 0 Å². The minimum Gasteiger partial charge on any atom is -0.334 e. The molecule has 1 aliphatic rings. The lowest BCUT2D eigenvalue weighted by Gasteiger charge is -2.23. The van der Waals surface area contributed by atoms with E-state index in [9.17, 15) is 9.18 Å². The summed E-state index contributed by atoms with van der Waals surface area (Å²) in [7, 11) is 0. The second-order valence-electron chi connectivity index (χ2n) is 4.04. The van der Waals surface area contributed by atoms with E-state index in [0.29, 0.717) is 12.1 Å². The Labute approximate surface area is 94.0 Å². The predicted octanol–water partition coefficient (Wildman–Crippen LogP) is 1.39. The highest BCUT2D eigenvalue weighted by atomic mass is 19.1. The minimum atomic E-state index is -0.380. The van der Waals surface area contributed by atoms with Crippen LogP contribution in [0.25, 0.3) is 0 Å². The van der Waals surface area contributed by atoms with Gasteiger partial charge in [-0.05, 0) is 31.0 Å². The Morgan fingerprint density at radius 2 is 2.38 bits per heavy atom. The number of hydrogen-bond acceptors (Lipinski definition) is 2. The number of carbonyl (C=O) groups excluding carboxylic acids is 1. The largest absolute Gasteiger partial charge is 0.334 e. The summed E-state index contributed by atoms with van der Waals surface area (Å²) in [6.07, 6.45) is 1.92. The Kier molecular flexibility index (Phi) is 3.19. The molecule has 1 unspecified atom stereocenters. The van der Waals surface area contributed by atoms with Crippen LogP contribution in [0.5, 0.6) is 0 Å². The number of benzene rings is 1. The monoisotopic (exact) mass is 222 g/mol. The van der Waals surface area contributed by atoms with Gasteiger partial charge in [0.2, 0.25) is 0 Å². The summed E-state index contributed by atoms with van der Waals surface area (Å²) in [4.78, 5) is 13.8. The fourth-order valence-electron chi connectivity index (χ4n) is 2.14. The molecule has 1 heterocycles. The number of rotatable bonds is 2. The molecule has 1 saturated heterocycles. The van der Waals surface area contributed by atoms with Crippen LogP contribution in [0.15, 0.2) is 24.3 Å². The first-order valence-electron chi connectivity index (χ1n) is 5.49. The third kappa shape index (κ3) is 2.07. The molecule has 1 fully saturated rings. The van der Waals surface area contributed by atoms with Crippen LogP contribution in [0, 0.1) is 5.82 Å². The number of nitrogens with two attached hydrogens (primary N) is 1. The lowest BCUT2D eigenvalue weighted by Crippen LogP contribution is -2.39. The summed E-state index contributed by atoms with van der Waals surface area (Å²) in [6.45, 7) is 1.19. The molecule has 0 bridgehead atoms. The number of hydrogen-bond donors (Lipinski definition) is 1. The lowest BCUT2D eigenvalue weighted by atomic mass is 10.1. The van der Waals surface area contributed by atoms with Crippen molar-refractivity contribution in [1.29, 1.82) is 0 Å². The highest BCUT2D eigenvalue weighted by Crippen LogP contribution is 2.19. The summed E-state index contributed by atoms with van der Waals surface area (Å²) in [5, 5.41) is 0. The van der Waals surface area contributed by atoms with Gasteiger partial charge in [-0.2, -0.15) is 0 Å². The van der Waals surface area contributed by atoms with Gasteiger partial charge in [-0.3, -0.25) is 4.79 Å². The van der Waals surface area contributed by atoms with Crippen molar-refractivity contribution in [2.45, 2.75) is 18.9 Å². The van der Waals surface area contributed by atoms with E-state index in [2.05, 4.69) is 0 Å². The van der Waals surface area contributed by atoms with Gasteiger partial charge >= 0.3 is 0 Å². The quantitative estimate of drug-likeness (QED) is 0.822. The minimum absolute atomic E-state index is 0.107. The molecule has 4 heteroatoms. The average molecular weight is 222 g/mol. The van der Waals surface area contributed by atoms with Crippen LogP contribution >= 0.6 is 0 Å². The fraction of sp³-hybridized carbons (Fsp3) is 0.417. The molecule has 3 nitrogen and oxygen atoms in total. The molecule has 2 N–H and O–H groups in total. The maximum Gasteiger partial charge on any atom is 0.254 e. The van der Waals surface area contributed by atoms with Gasteiger partial charge in [0.15, 0.2) is 0 Å². The number of nitrogens with zero attached hydrogens (tertiary/aromatic N) is 1. The van der Waals surface area contributed by atoms with Gasteiger partial charge in [0, 0.05) is 24.7 Å². The van der Waals surface area contributed by atoms with Crippen LogP contribution in [0.4, 0.5) is 4.39 Å². The molecule has 1 amide bonds. The number of likely N-dealkylation sites (tertiary alicyclic amines) is 1. The molecule has 0 saturated carbocycles. The van der Waals surface area contributed by atoms with E-state index in [1.54, 1.807) is 17.0 Å². The third-order valence-corrected chi connectivity index (χ3v) is 2.98. The molecule has 2 rings (SSSR count). The van der Waals surface area contributed by atoms with E-state index in [4.69, 9.17) is 5.73 Å². The van der Waals surface area contributed by atoms with Crippen molar-refractivity contribution in [2.24, 2.45) is 5.73 Å². The third-order valence-electron chi connectivity index (χ3n) is 2.98. The van der Waals surface area contributed by atoms with E-state index in [-0.39, 0.29) is 17.8 Å². The first-order chi connectivity index (χ1) is 7.72. The second kappa shape index (κ2) is 4.61. The first kappa shape index (κ1) is 11.1. The summed E-state index contributed by atoms with van der Waals surface area (Å²) >= 11 is 0. The van der Waals surface area contributed by atoms with Crippen LogP contribution < -0.4 is 5.73 Å². The van der Waals surface area contributed by atoms with Crippen molar-refractivity contribution in [3.63, 3.8) is 0 Å². The van der Waals surface area contributed by atoms with E-state index >= 15 is 0 Å². The molecule has 0 aliphatic carbocycles. The van der Waals surface area contributed by atoms with E-state index < -0.39 is 0 Å². The average Bonchev–Trinajstić information content (AvgIpc) is 2.76. The summed E-state index contributed by atoms with van der Waals surface area (Å²) in [5.74, 6) is -0.498. The van der Waals surface area contributed by atoms with Gasteiger partial charge in [-0.1, -0.05) is 6.07 Å². The van der Waals surface area contributed by atoms with E-state index in [0.717, 1.165) is 19.4 Å². The van der Waals surface area contributed by atoms with Crippen LogP contribution in [0.1, 0.15) is 23.2 Å². The van der Waals surface area contributed by atoms with Crippen molar-refractivity contribution in [1.82, 2.24) is 4.90 Å². The number of amides is 1. The first-order valence-corrected chi connectivity index (χ1v) is 5.49. The van der Waals surface area contributed by atoms with Crippen molar-refractivity contribution in [3.05, 3.63) is 35.6 Å². The Balaban J connectivity index is 2.18. The van der Waals surface area contributed by atoms with Gasteiger partial charge in [0.1, 0.15) is 5.82 Å². The van der Waals surface area contributed by atoms with E-state index in [1.165, 1.54) is 12.1 Å². The zero-order chi connectivity index (χ0) is 11.5. The van der Waals surface area contributed by atoms with Crippen LogP contribution in [0.3, 0.4) is 0 Å². The maximum atomic E-state index is 13.0. The topological polar surface area (TPSA) is 46.3 Å².